The molecule has 1 unspecified atom stereocenters. The van der Waals surface area contributed by atoms with E-state index >= 15 is 0 Å². The molecular weight excluding hydrogens is 248 g/mol. The van der Waals surface area contributed by atoms with Gasteiger partial charge in [-0.15, -0.1) is 0 Å². The maximum Gasteiger partial charge on any atom is 0.0594 e. The fourth-order valence-corrected chi connectivity index (χ4v) is 2.92. The second-order valence-electron chi connectivity index (χ2n) is 6.16. The highest BCUT2D eigenvalue weighted by atomic mass is 16.5. The first-order chi connectivity index (χ1) is 9.83. The molecule has 1 aromatic rings. The molecule has 0 amide bonds. The Morgan fingerprint density at radius 2 is 1.90 bits per heavy atom. The van der Waals surface area contributed by atoms with Crippen molar-refractivity contribution in [3.05, 3.63) is 35.4 Å². The summed E-state index contributed by atoms with van der Waals surface area (Å²) in [6.07, 6.45) is 2.81. The van der Waals surface area contributed by atoms with Gasteiger partial charge in [-0.05, 0) is 36.8 Å². The van der Waals surface area contributed by atoms with Crippen LogP contribution >= 0.6 is 0 Å². The minimum atomic E-state index is 0.659. The highest BCUT2D eigenvalue weighted by Crippen LogP contribution is 2.32. The lowest BCUT2D eigenvalue weighted by Gasteiger charge is -2.27. The molecule has 1 aromatic carbocycles. The predicted molar refractivity (Wildman–Crippen MR) is 81.6 cm³/mol. The number of rotatable bonds is 6. The molecule has 0 spiro atoms. The van der Waals surface area contributed by atoms with Gasteiger partial charge in [0.15, 0.2) is 0 Å². The molecule has 0 radical (unpaired) electrons. The van der Waals surface area contributed by atoms with Gasteiger partial charge in [0, 0.05) is 32.2 Å². The van der Waals surface area contributed by atoms with E-state index in [0.29, 0.717) is 6.04 Å². The molecule has 1 aliphatic carbocycles. The average Bonchev–Trinajstić information content (AvgIpc) is 3.32. The molecule has 20 heavy (non-hydrogen) atoms. The van der Waals surface area contributed by atoms with E-state index in [4.69, 9.17) is 4.74 Å². The highest BCUT2D eigenvalue weighted by Gasteiger charge is 2.27. The van der Waals surface area contributed by atoms with E-state index in [2.05, 4.69) is 41.4 Å². The lowest BCUT2D eigenvalue weighted by molar-refractivity contribution is 0.0340. The van der Waals surface area contributed by atoms with Crippen LogP contribution < -0.4 is 5.32 Å². The zero-order valence-corrected chi connectivity index (χ0v) is 12.5. The van der Waals surface area contributed by atoms with Crippen LogP contribution in [0.4, 0.5) is 0 Å². The van der Waals surface area contributed by atoms with E-state index in [0.717, 1.165) is 45.3 Å². The minimum absolute atomic E-state index is 0.659. The van der Waals surface area contributed by atoms with Crippen molar-refractivity contribution < 1.29 is 4.74 Å². The monoisotopic (exact) mass is 274 g/mol. The zero-order chi connectivity index (χ0) is 13.8. The molecule has 1 saturated carbocycles. The van der Waals surface area contributed by atoms with Crippen molar-refractivity contribution in [3.8, 4) is 0 Å². The number of morpholine rings is 1. The maximum absolute atomic E-state index is 5.43. The first-order valence-corrected chi connectivity index (χ1v) is 7.93. The Labute approximate surface area is 122 Å². The Balaban J connectivity index is 1.58. The van der Waals surface area contributed by atoms with Crippen LogP contribution in [-0.4, -0.2) is 37.2 Å². The van der Waals surface area contributed by atoms with Gasteiger partial charge < -0.3 is 10.1 Å². The van der Waals surface area contributed by atoms with Gasteiger partial charge in [0.2, 0.25) is 0 Å². The van der Waals surface area contributed by atoms with Crippen LogP contribution in [0, 0.1) is 5.92 Å². The Morgan fingerprint density at radius 3 is 2.60 bits per heavy atom. The molecule has 3 nitrogen and oxygen atoms in total. The molecule has 1 saturated heterocycles. The number of nitrogens with one attached hydrogen (secondary N) is 1. The van der Waals surface area contributed by atoms with Crippen LogP contribution in [0.3, 0.4) is 0 Å². The van der Waals surface area contributed by atoms with Crippen LogP contribution in [0.15, 0.2) is 24.3 Å². The molecule has 2 aliphatic rings. The Bertz CT molecular complexity index is 425. The van der Waals surface area contributed by atoms with E-state index in [1.54, 1.807) is 0 Å². The van der Waals surface area contributed by atoms with E-state index in [1.807, 2.05) is 0 Å². The van der Waals surface area contributed by atoms with Crippen LogP contribution in [0.1, 0.15) is 30.9 Å². The fourth-order valence-electron chi connectivity index (χ4n) is 2.92. The number of hydrogen-bond donors (Lipinski definition) is 1. The summed E-state index contributed by atoms with van der Waals surface area (Å²) in [6, 6.07) is 9.51. The summed E-state index contributed by atoms with van der Waals surface area (Å²) in [7, 11) is 0. The summed E-state index contributed by atoms with van der Waals surface area (Å²) in [5.41, 5.74) is 2.91. The van der Waals surface area contributed by atoms with E-state index in [1.165, 1.54) is 24.0 Å². The summed E-state index contributed by atoms with van der Waals surface area (Å²) < 4.78 is 5.43. The third-order valence-corrected chi connectivity index (χ3v) is 4.56. The largest absolute Gasteiger partial charge is 0.379 e. The van der Waals surface area contributed by atoms with Gasteiger partial charge in [0.25, 0.3) is 0 Å². The van der Waals surface area contributed by atoms with Gasteiger partial charge in [-0.2, -0.15) is 0 Å². The molecule has 2 fully saturated rings. The molecule has 1 atom stereocenters. The van der Waals surface area contributed by atoms with E-state index < -0.39 is 0 Å². The SMILES string of the molecule is CC(NCc1ccccc1CN1CCOCC1)C1CC1. The molecule has 1 N–H and O–H groups in total. The summed E-state index contributed by atoms with van der Waals surface area (Å²) >= 11 is 0. The third-order valence-electron chi connectivity index (χ3n) is 4.56. The maximum atomic E-state index is 5.43. The average molecular weight is 274 g/mol. The molecule has 110 valence electrons. The summed E-state index contributed by atoms with van der Waals surface area (Å²) in [6.45, 7) is 8.23. The first kappa shape index (κ1) is 14.1. The van der Waals surface area contributed by atoms with Crippen molar-refractivity contribution in [2.45, 2.75) is 38.9 Å². The topological polar surface area (TPSA) is 24.5 Å². The van der Waals surface area contributed by atoms with Crippen molar-refractivity contribution in [2.24, 2.45) is 5.92 Å². The van der Waals surface area contributed by atoms with Crippen molar-refractivity contribution in [3.63, 3.8) is 0 Å². The van der Waals surface area contributed by atoms with Gasteiger partial charge >= 0.3 is 0 Å². The Kier molecular flexibility index (Phi) is 4.71. The Hall–Kier alpha value is -0.900. The van der Waals surface area contributed by atoms with Crippen LogP contribution in [0.5, 0.6) is 0 Å². The quantitative estimate of drug-likeness (QED) is 0.862. The minimum Gasteiger partial charge on any atom is -0.379 e. The molecule has 3 rings (SSSR count). The van der Waals surface area contributed by atoms with Gasteiger partial charge in [-0.25, -0.2) is 0 Å². The van der Waals surface area contributed by atoms with Crippen LogP contribution in [-0.2, 0) is 17.8 Å². The van der Waals surface area contributed by atoms with E-state index in [9.17, 15) is 0 Å². The molecule has 3 heteroatoms. The second kappa shape index (κ2) is 6.70. The van der Waals surface area contributed by atoms with Gasteiger partial charge in [0.05, 0.1) is 13.2 Å². The lowest BCUT2D eigenvalue weighted by Crippen LogP contribution is -2.36. The van der Waals surface area contributed by atoms with Gasteiger partial charge in [-0.3, -0.25) is 4.90 Å². The Morgan fingerprint density at radius 1 is 1.20 bits per heavy atom. The third kappa shape index (κ3) is 3.81. The normalized spacial score (nSPS) is 21.9. The highest BCUT2D eigenvalue weighted by molar-refractivity contribution is 5.27. The summed E-state index contributed by atoms with van der Waals surface area (Å²) in [5, 5.41) is 3.70. The number of ether oxygens (including phenoxy) is 1. The van der Waals surface area contributed by atoms with Gasteiger partial charge in [-0.1, -0.05) is 24.3 Å². The van der Waals surface area contributed by atoms with Crippen molar-refractivity contribution in [2.75, 3.05) is 26.3 Å². The summed E-state index contributed by atoms with van der Waals surface area (Å²) in [4.78, 5) is 2.49. The molecular formula is C17H26N2O. The number of hydrogen-bond acceptors (Lipinski definition) is 3. The molecule has 0 bridgehead atoms. The first-order valence-electron chi connectivity index (χ1n) is 7.93. The standard InChI is InChI=1S/C17H26N2O/c1-14(15-6-7-15)18-12-16-4-2-3-5-17(16)13-19-8-10-20-11-9-19/h2-5,14-15,18H,6-13H2,1H3. The van der Waals surface area contributed by atoms with Crippen molar-refractivity contribution in [1.82, 2.24) is 10.2 Å². The fraction of sp³-hybridized carbons (Fsp3) is 0.647. The predicted octanol–water partition coefficient (Wildman–Crippen LogP) is 2.41. The number of benzene rings is 1. The molecule has 1 aliphatic heterocycles. The van der Waals surface area contributed by atoms with Gasteiger partial charge in [0.1, 0.15) is 0 Å². The van der Waals surface area contributed by atoms with E-state index in [-0.39, 0.29) is 0 Å². The molecule has 0 aromatic heterocycles. The summed E-state index contributed by atoms with van der Waals surface area (Å²) in [5.74, 6) is 0.918. The second-order valence-corrected chi connectivity index (χ2v) is 6.16. The lowest BCUT2D eigenvalue weighted by atomic mass is 10.1. The zero-order valence-electron chi connectivity index (χ0n) is 12.5. The van der Waals surface area contributed by atoms with Crippen molar-refractivity contribution in [1.29, 1.82) is 0 Å². The van der Waals surface area contributed by atoms with Crippen LogP contribution in [0.2, 0.25) is 0 Å². The number of nitrogens with zero attached hydrogens (tertiary/aromatic N) is 1. The van der Waals surface area contributed by atoms with Crippen LogP contribution in [0.25, 0.3) is 0 Å². The molecule has 1 heterocycles. The van der Waals surface area contributed by atoms with Crippen molar-refractivity contribution >= 4 is 0 Å². The smallest absolute Gasteiger partial charge is 0.0594 e.